The molecule has 0 bridgehead atoms. The number of benzene rings is 1. The van der Waals surface area contributed by atoms with E-state index in [2.05, 4.69) is 17.4 Å². The molecule has 0 aliphatic carbocycles. The fraction of sp³-hybridized carbons (Fsp3) is 0.294. The van der Waals surface area contributed by atoms with Gasteiger partial charge in [0.25, 0.3) is 5.91 Å². The molecule has 2 aromatic rings. The molecule has 2 rings (SSSR count). The van der Waals surface area contributed by atoms with Crippen LogP contribution < -0.4 is 5.32 Å². The van der Waals surface area contributed by atoms with Crippen LogP contribution in [0.2, 0.25) is 0 Å². The smallest absolute Gasteiger partial charge is 0.341 e. The molecule has 0 saturated heterocycles. The normalized spacial score (nSPS) is 11.7. The Labute approximate surface area is 129 Å². The quantitative estimate of drug-likeness (QED) is 0.798. The minimum Gasteiger partial charge on any atom is -0.472 e. The number of nitrogens with one attached hydrogen (secondary N) is 1. The molecule has 1 aromatic carbocycles. The highest BCUT2D eigenvalue weighted by Gasteiger charge is 2.12. The second-order valence-corrected chi connectivity index (χ2v) is 5.08. The van der Waals surface area contributed by atoms with Gasteiger partial charge in [0.2, 0.25) is 0 Å². The van der Waals surface area contributed by atoms with Crippen molar-refractivity contribution in [2.45, 2.75) is 25.8 Å². The maximum Gasteiger partial charge on any atom is 0.341 e. The Morgan fingerprint density at radius 3 is 2.68 bits per heavy atom. The lowest BCUT2D eigenvalue weighted by molar-refractivity contribution is -0.124. The van der Waals surface area contributed by atoms with Crippen LogP contribution in [0.1, 0.15) is 29.3 Å². The van der Waals surface area contributed by atoms with Crippen LogP contribution in [0.25, 0.3) is 0 Å². The van der Waals surface area contributed by atoms with Crippen molar-refractivity contribution in [3.05, 3.63) is 60.1 Å². The Morgan fingerprint density at radius 1 is 1.23 bits per heavy atom. The van der Waals surface area contributed by atoms with E-state index >= 15 is 0 Å². The highest BCUT2D eigenvalue weighted by atomic mass is 16.5. The predicted molar refractivity (Wildman–Crippen MR) is 81.4 cm³/mol. The third kappa shape index (κ3) is 5.09. The predicted octanol–water partition coefficient (Wildman–Crippen LogP) is 2.57. The van der Waals surface area contributed by atoms with E-state index in [0.717, 1.165) is 12.8 Å². The highest BCUT2D eigenvalue weighted by molar-refractivity contribution is 5.90. The maximum atomic E-state index is 11.7. The van der Waals surface area contributed by atoms with E-state index in [1.807, 2.05) is 25.1 Å². The summed E-state index contributed by atoms with van der Waals surface area (Å²) in [5.41, 5.74) is 1.53. The second kappa shape index (κ2) is 8.02. The van der Waals surface area contributed by atoms with Gasteiger partial charge < -0.3 is 14.5 Å². The van der Waals surface area contributed by atoms with Crippen LogP contribution in [0.15, 0.2) is 53.3 Å². The number of rotatable bonds is 7. The number of esters is 1. The number of carbonyl (C=O) groups excluding carboxylic acids is 2. The van der Waals surface area contributed by atoms with Crippen LogP contribution in [0.4, 0.5) is 0 Å². The molecule has 0 radical (unpaired) electrons. The first kappa shape index (κ1) is 15.8. The average molecular weight is 301 g/mol. The minimum absolute atomic E-state index is 0.0142. The molecule has 116 valence electrons. The van der Waals surface area contributed by atoms with Gasteiger partial charge in [0, 0.05) is 6.04 Å². The first-order valence-corrected chi connectivity index (χ1v) is 7.18. The lowest BCUT2D eigenvalue weighted by Gasteiger charge is -2.13. The molecule has 1 heterocycles. The van der Waals surface area contributed by atoms with Crippen molar-refractivity contribution in [3.63, 3.8) is 0 Å². The Kier molecular flexibility index (Phi) is 5.77. The molecule has 1 aromatic heterocycles. The van der Waals surface area contributed by atoms with Gasteiger partial charge >= 0.3 is 5.97 Å². The molecule has 0 spiro atoms. The van der Waals surface area contributed by atoms with E-state index in [-0.39, 0.29) is 18.6 Å². The topological polar surface area (TPSA) is 68.5 Å². The zero-order valence-electron chi connectivity index (χ0n) is 12.5. The summed E-state index contributed by atoms with van der Waals surface area (Å²) in [4.78, 5) is 23.3. The Bertz CT molecular complexity index is 592. The van der Waals surface area contributed by atoms with Gasteiger partial charge in [-0.15, -0.1) is 0 Å². The number of hydrogen-bond acceptors (Lipinski definition) is 4. The van der Waals surface area contributed by atoms with Crippen molar-refractivity contribution in [1.82, 2.24) is 5.32 Å². The summed E-state index contributed by atoms with van der Waals surface area (Å²) in [5, 5.41) is 2.81. The largest absolute Gasteiger partial charge is 0.472 e. The van der Waals surface area contributed by atoms with E-state index in [1.165, 1.54) is 24.2 Å². The van der Waals surface area contributed by atoms with E-state index < -0.39 is 5.97 Å². The Balaban J connectivity index is 1.67. The molecule has 0 saturated carbocycles. The lowest BCUT2D eigenvalue weighted by atomic mass is 10.1. The third-order valence-corrected chi connectivity index (χ3v) is 3.21. The molecule has 0 aliphatic heterocycles. The maximum absolute atomic E-state index is 11.7. The summed E-state index contributed by atoms with van der Waals surface area (Å²) in [6.07, 6.45) is 4.37. The van der Waals surface area contributed by atoms with Gasteiger partial charge in [-0.3, -0.25) is 4.79 Å². The van der Waals surface area contributed by atoms with Crippen molar-refractivity contribution < 1.29 is 18.7 Å². The third-order valence-electron chi connectivity index (χ3n) is 3.21. The van der Waals surface area contributed by atoms with Crippen LogP contribution in [0.3, 0.4) is 0 Å². The van der Waals surface area contributed by atoms with E-state index in [4.69, 9.17) is 9.15 Å². The summed E-state index contributed by atoms with van der Waals surface area (Å²) in [6.45, 7) is 1.64. The SMILES string of the molecule is CC(CCc1ccccc1)NC(=O)COC(=O)c1ccoc1. The van der Waals surface area contributed by atoms with Crippen LogP contribution in [-0.2, 0) is 16.0 Å². The molecule has 22 heavy (non-hydrogen) atoms. The minimum atomic E-state index is -0.569. The molecule has 0 fully saturated rings. The van der Waals surface area contributed by atoms with Crippen LogP contribution in [0.5, 0.6) is 0 Å². The van der Waals surface area contributed by atoms with Gasteiger partial charge in [-0.05, 0) is 31.4 Å². The molecule has 0 aliphatic rings. The van der Waals surface area contributed by atoms with E-state index in [1.54, 1.807) is 0 Å². The molecule has 1 unspecified atom stereocenters. The van der Waals surface area contributed by atoms with E-state index in [9.17, 15) is 9.59 Å². The summed E-state index contributed by atoms with van der Waals surface area (Å²) in [7, 11) is 0. The van der Waals surface area contributed by atoms with Crippen LogP contribution in [-0.4, -0.2) is 24.5 Å². The van der Waals surface area contributed by atoms with Crippen LogP contribution >= 0.6 is 0 Å². The van der Waals surface area contributed by atoms with Gasteiger partial charge in [-0.25, -0.2) is 4.79 Å². The molecule has 1 amide bonds. The lowest BCUT2D eigenvalue weighted by Crippen LogP contribution is -2.36. The summed E-state index contributed by atoms with van der Waals surface area (Å²) >= 11 is 0. The number of aryl methyl sites for hydroxylation is 1. The van der Waals surface area contributed by atoms with E-state index in [0.29, 0.717) is 5.56 Å². The van der Waals surface area contributed by atoms with Gasteiger partial charge in [0.1, 0.15) is 6.26 Å². The Morgan fingerprint density at radius 2 is 2.00 bits per heavy atom. The molecule has 5 nitrogen and oxygen atoms in total. The monoisotopic (exact) mass is 301 g/mol. The molecule has 1 N–H and O–H groups in total. The molecular weight excluding hydrogens is 282 g/mol. The van der Waals surface area contributed by atoms with Gasteiger partial charge in [-0.1, -0.05) is 30.3 Å². The fourth-order valence-corrected chi connectivity index (χ4v) is 2.01. The molecule has 1 atom stereocenters. The van der Waals surface area contributed by atoms with Crippen LogP contribution in [0, 0.1) is 0 Å². The standard InChI is InChI=1S/C17H19NO4/c1-13(7-8-14-5-3-2-4-6-14)18-16(19)12-22-17(20)15-9-10-21-11-15/h2-6,9-11,13H,7-8,12H2,1H3,(H,18,19). The van der Waals surface area contributed by atoms with Crippen molar-refractivity contribution in [2.24, 2.45) is 0 Å². The molecular formula is C17H19NO4. The summed E-state index contributed by atoms with van der Waals surface area (Å²) < 4.78 is 9.68. The van der Waals surface area contributed by atoms with Crippen molar-refractivity contribution in [2.75, 3.05) is 6.61 Å². The summed E-state index contributed by atoms with van der Waals surface area (Å²) in [5.74, 6) is -0.877. The van der Waals surface area contributed by atoms with Gasteiger partial charge in [-0.2, -0.15) is 0 Å². The first-order valence-electron chi connectivity index (χ1n) is 7.18. The van der Waals surface area contributed by atoms with Crippen molar-refractivity contribution >= 4 is 11.9 Å². The molecule has 5 heteroatoms. The fourth-order valence-electron chi connectivity index (χ4n) is 2.01. The van der Waals surface area contributed by atoms with Crippen molar-refractivity contribution in [3.8, 4) is 0 Å². The zero-order chi connectivity index (χ0) is 15.8. The number of hydrogen-bond donors (Lipinski definition) is 1. The number of furan rings is 1. The van der Waals surface area contributed by atoms with Crippen molar-refractivity contribution in [1.29, 1.82) is 0 Å². The second-order valence-electron chi connectivity index (χ2n) is 5.08. The zero-order valence-corrected chi connectivity index (χ0v) is 12.5. The summed E-state index contributed by atoms with van der Waals surface area (Å²) in [6, 6.07) is 11.6. The number of carbonyl (C=O) groups is 2. The number of ether oxygens (including phenoxy) is 1. The average Bonchev–Trinajstić information content (AvgIpc) is 3.06. The highest BCUT2D eigenvalue weighted by Crippen LogP contribution is 2.05. The van der Waals surface area contributed by atoms with Gasteiger partial charge in [0.05, 0.1) is 11.8 Å². The Hall–Kier alpha value is -2.56. The number of amides is 1. The van der Waals surface area contributed by atoms with Gasteiger partial charge in [0.15, 0.2) is 6.61 Å². The first-order chi connectivity index (χ1) is 10.6.